The van der Waals surface area contributed by atoms with Crippen LogP contribution in [0, 0.1) is 5.82 Å². The predicted molar refractivity (Wildman–Crippen MR) is 107 cm³/mol. The van der Waals surface area contributed by atoms with Crippen LogP contribution in [-0.4, -0.2) is 41.0 Å². The fraction of sp³-hybridized carbons (Fsp3) is 0.348. The van der Waals surface area contributed by atoms with Crippen LogP contribution in [0.25, 0.3) is 0 Å². The van der Waals surface area contributed by atoms with Gasteiger partial charge in [0.25, 0.3) is 0 Å². The van der Waals surface area contributed by atoms with Gasteiger partial charge in [-0.3, -0.25) is 9.69 Å². The number of hydrogen-bond donors (Lipinski definition) is 0. The summed E-state index contributed by atoms with van der Waals surface area (Å²) in [4.78, 5) is 39.1. The Labute approximate surface area is 174 Å². The largest absolute Gasteiger partial charge is 0.456 e. The molecule has 0 saturated heterocycles. The van der Waals surface area contributed by atoms with Crippen molar-refractivity contribution in [1.82, 2.24) is 4.90 Å². The summed E-state index contributed by atoms with van der Waals surface area (Å²) in [5.41, 5.74) is 1.38. The highest BCUT2D eigenvalue weighted by Crippen LogP contribution is 2.26. The molecule has 1 aliphatic rings. The number of esters is 1. The maximum atomic E-state index is 13.0. The molecule has 0 N–H and O–H groups in total. The van der Waals surface area contributed by atoms with E-state index in [9.17, 15) is 18.8 Å². The summed E-state index contributed by atoms with van der Waals surface area (Å²) in [5.74, 6) is -1.60. The second kappa shape index (κ2) is 8.65. The standard InChI is InChI=1S/C23H24FNO5/c1-23(2,3)30-22(28)25-13-17-7-5-4-6-16(17)12-19(25)21(27)29-14-20(26)15-8-10-18(24)11-9-15/h4-11,19H,12-14H2,1-3H3/t19-/m1/s1. The van der Waals surface area contributed by atoms with E-state index in [0.29, 0.717) is 0 Å². The van der Waals surface area contributed by atoms with Gasteiger partial charge in [-0.15, -0.1) is 0 Å². The number of carbonyl (C=O) groups is 3. The van der Waals surface area contributed by atoms with E-state index in [1.54, 1.807) is 20.8 Å². The van der Waals surface area contributed by atoms with E-state index >= 15 is 0 Å². The van der Waals surface area contributed by atoms with Gasteiger partial charge in [0, 0.05) is 12.0 Å². The van der Waals surface area contributed by atoms with Crippen molar-refractivity contribution < 1.29 is 28.2 Å². The third-order valence-corrected chi connectivity index (χ3v) is 4.66. The molecular formula is C23H24FNO5. The lowest BCUT2D eigenvalue weighted by Crippen LogP contribution is -2.51. The molecule has 6 nitrogen and oxygen atoms in total. The zero-order valence-electron chi connectivity index (χ0n) is 17.2. The van der Waals surface area contributed by atoms with Crippen LogP contribution in [0.3, 0.4) is 0 Å². The molecule has 0 fully saturated rings. The van der Waals surface area contributed by atoms with Gasteiger partial charge < -0.3 is 9.47 Å². The van der Waals surface area contributed by atoms with E-state index in [0.717, 1.165) is 23.3 Å². The number of halogens is 1. The Morgan fingerprint density at radius 3 is 2.30 bits per heavy atom. The van der Waals surface area contributed by atoms with Crippen LogP contribution < -0.4 is 0 Å². The minimum absolute atomic E-state index is 0.205. The lowest BCUT2D eigenvalue weighted by Gasteiger charge is -2.36. The van der Waals surface area contributed by atoms with Gasteiger partial charge in [0.1, 0.15) is 17.5 Å². The number of benzene rings is 2. The maximum absolute atomic E-state index is 13.0. The molecule has 7 heteroatoms. The smallest absolute Gasteiger partial charge is 0.411 e. The van der Waals surface area contributed by atoms with E-state index in [-0.39, 0.29) is 18.5 Å². The van der Waals surface area contributed by atoms with Gasteiger partial charge >= 0.3 is 12.1 Å². The zero-order chi connectivity index (χ0) is 21.9. The molecule has 0 radical (unpaired) electrons. The highest BCUT2D eigenvalue weighted by atomic mass is 19.1. The zero-order valence-corrected chi connectivity index (χ0v) is 17.2. The third-order valence-electron chi connectivity index (χ3n) is 4.66. The van der Waals surface area contributed by atoms with Gasteiger partial charge in [0.05, 0.1) is 6.54 Å². The molecule has 0 aromatic heterocycles. The molecule has 30 heavy (non-hydrogen) atoms. The number of Topliss-reactive ketones (excluding diaryl/α,β-unsaturated/α-hetero) is 1. The summed E-state index contributed by atoms with van der Waals surface area (Å²) in [6, 6.07) is 11.6. The molecule has 1 aliphatic heterocycles. The Morgan fingerprint density at radius 1 is 1.03 bits per heavy atom. The summed E-state index contributed by atoms with van der Waals surface area (Å²) in [7, 11) is 0. The lowest BCUT2D eigenvalue weighted by molar-refractivity contribution is -0.149. The summed E-state index contributed by atoms with van der Waals surface area (Å²) >= 11 is 0. The minimum Gasteiger partial charge on any atom is -0.456 e. The fourth-order valence-electron chi connectivity index (χ4n) is 3.20. The van der Waals surface area contributed by atoms with Gasteiger partial charge in [0.2, 0.25) is 0 Å². The molecule has 2 aromatic rings. The Hall–Kier alpha value is -3.22. The predicted octanol–water partition coefficient (Wildman–Crippen LogP) is 3.91. The van der Waals surface area contributed by atoms with Crippen LogP contribution in [-0.2, 0) is 27.2 Å². The number of amides is 1. The van der Waals surface area contributed by atoms with Crippen molar-refractivity contribution in [3.8, 4) is 0 Å². The van der Waals surface area contributed by atoms with Gasteiger partial charge in [0.15, 0.2) is 12.4 Å². The van der Waals surface area contributed by atoms with Crippen molar-refractivity contribution in [2.45, 2.75) is 45.4 Å². The molecule has 0 bridgehead atoms. The fourth-order valence-corrected chi connectivity index (χ4v) is 3.20. The SMILES string of the molecule is CC(C)(C)OC(=O)N1Cc2ccccc2C[C@@H]1C(=O)OCC(=O)c1ccc(F)cc1. The molecule has 1 heterocycles. The Bertz CT molecular complexity index is 949. The maximum Gasteiger partial charge on any atom is 0.411 e. The second-order valence-electron chi connectivity index (χ2n) is 8.13. The van der Waals surface area contributed by atoms with E-state index in [1.165, 1.54) is 17.0 Å². The molecule has 3 rings (SSSR count). The number of rotatable bonds is 4. The number of ketones is 1. The Morgan fingerprint density at radius 2 is 1.67 bits per heavy atom. The highest BCUT2D eigenvalue weighted by molar-refractivity contribution is 5.98. The van der Waals surface area contributed by atoms with Crippen LogP contribution >= 0.6 is 0 Å². The average molecular weight is 413 g/mol. The summed E-state index contributed by atoms with van der Waals surface area (Å²) < 4.78 is 23.7. The topological polar surface area (TPSA) is 72.9 Å². The number of ether oxygens (including phenoxy) is 2. The van der Waals surface area contributed by atoms with Crippen molar-refractivity contribution in [3.63, 3.8) is 0 Å². The van der Waals surface area contributed by atoms with Crippen molar-refractivity contribution in [1.29, 1.82) is 0 Å². The quantitative estimate of drug-likeness (QED) is 0.561. The average Bonchev–Trinajstić information content (AvgIpc) is 2.70. The van der Waals surface area contributed by atoms with Crippen LogP contribution in [0.4, 0.5) is 9.18 Å². The number of nitrogens with zero attached hydrogens (tertiary/aromatic N) is 1. The van der Waals surface area contributed by atoms with E-state index in [1.807, 2.05) is 24.3 Å². The summed E-state index contributed by atoms with van der Waals surface area (Å²) in [6.45, 7) is 4.95. The first kappa shape index (κ1) is 21.5. The van der Waals surface area contributed by atoms with Gasteiger partial charge in [-0.1, -0.05) is 24.3 Å². The van der Waals surface area contributed by atoms with Gasteiger partial charge in [-0.25, -0.2) is 14.0 Å². The molecule has 2 aromatic carbocycles. The van der Waals surface area contributed by atoms with Gasteiger partial charge in [-0.2, -0.15) is 0 Å². The Kier molecular flexibility index (Phi) is 6.20. The summed E-state index contributed by atoms with van der Waals surface area (Å²) in [6.07, 6.45) is -0.359. The van der Waals surface area contributed by atoms with Crippen LogP contribution in [0.5, 0.6) is 0 Å². The molecule has 1 amide bonds. The van der Waals surface area contributed by atoms with Crippen LogP contribution in [0.2, 0.25) is 0 Å². The molecule has 0 spiro atoms. The molecule has 1 atom stereocenters. The Balaban J connectivity index is 1.74. The normalized spacial score (nSPS) is 15.9. The number of fused-ring (bicyclic) bond motifs is 1. The molecule has 0 saturated carbocycles. The number of hydrogen-bond acceptors (Lipinski definition) is 5. The second-order valence-corrected chi connectivity index (χ2v) is 8.13. The van der Waals surface area contributed by atoms with Crippen molar-refractivity contribution in [2.24, 2.45) is 0 Å². The first-order valence-corrected chi connectivity index (χ1v) is 9.66. The summed E-state index contributed by atoms with van der Waals surface area (Å²) in [5, 5.41) is 0. The van der Waals surface area contributed by atoms with Crippen molar-refractivity contribution in [2.75, 3.05) is 6.61 Å². The van der Waals surface area contributed by atoms with E-state index in [2.05, 4.69) is 0 Å². The number of carbonyl (C=O) groups excluding carboxylic acids is 3. The molecular weight excluding hydrogens is 389 g/mol. The van der Waals surface area contributed by atoms with Crippen LogP contribution in [0.15, 0.2) is 48.5 Å². The first-order chi connectivity index (χ1) is 14.1. The molecule has 0 unspecified atom stereocenters. The third kappa shape index (κ3) is 5.23. The van der Waals surface area contributed by atoms with Crippen molar-refractivity contribution >= 4 is 17.8 Å². The molecule has 158 valence electrons. The van der Waals surface area contributed by atoms with E-state index in [4.69, 9.17) is 9.47 Å². The van der Waals surface area contributed by atoms with Crippen molar-refractivity contribution in [3.05, 3.63) is 71.0 Å². The molecule has 0 aliphatic carbocycles. The van der Waals surface area contributed by atoms with Crippen LogP contribution in [0.1, 0.15) is 42.3 Å². The minimum atomic E-state index is -0.907. The monoisotopic (exact) mass is 413 g/mol. The highest BCUT2D eigenvalue weighted by Gasteiger charge is 2.38. The van der Waals surface area contributed by atoms with Gasteiger partial charge in [-0.05, 0) is 56.2 Å². The van der Waals surface area contributed by atoms with E-state index < -0.39 is 41.9 Å². The first-order valence-electron chi connectivity index (χ1n) is 9.66. The lowest BCUT2D eigenvalue weighted by atomic mass is 9.94.